The Morgan fingerprint density at radius 3 is 2.61 bits per heavy atom. The average molecular weight is 318 g/mol. The Bertz CT molecular complexity index is 536. The molecule has 126 valence electrons. The van der Waals surface area contributed by atoms with Gasteiger partial charge in [0, 0.05) is 31.2 Å². The predicted octanol–water partition coefficient (Wildman–Crippen LogP) is 2.55. The SMILES string of the molecule is CC[C@H](C)C(=O)N1CCC(NC(=O)Nc2ccc(C)cn2)CC1. The molecule has 0 radical (unpaired) electrons. The second kappa shape index (κ2) is 7.94. The number of pyridine rings is 1. The fourth-order valence-corrected chi connectivity index (χ4v) is 2.61. The summed E-state index contributed by atoms with van der Waals surface area (Å²) in [7, 11) is 0. The Labute approximate surface area is 137 Å². The van der Waals surface area contributed by atoms with Crippen LogP contribution >= 0.6 is 0 Å². The maximum Gasteiger partial charge on any atom is 0.320 e. The van der Waals surface area contributed by atoms with Crippen LogP contribution in [0, 0.1) is 12.8 Å². The molecule has 6 heteroatoms. The van der Waals surface area contributed by atoms with Crippen molar-refractivity contribution in [3.05, 3.63) is 23.9 Å². The molecule has 1 aliphatic rings. The Kier molecular flexibility index (Phi) is 5.96. The third-order valence-electron chi connectivity index (χ3n) is 4.33. The van der Waals surface area contributed by atoms with E-state index in [2.05, 4.69) is 15.6 Å². The Hall–Kier alpha value is -2.11. The summed E-state index contributed by atoms with van der Waals surface area (Å²) in [5, 5.41) is 5.69. The number of nitrogens with one attached hydrogen (secondary N) is 2. The lowest BCUT2D eigenvalue weighted by Gasteiger charge is -2.33. The van der Waals surface area contributed by atoms with Gasteiger partial charge in [-0.3, -0.25) is 10.1 Å². The van der Waals surface area contributed by atoms with E-state index in [-0.39, 0.29) is 23.9 Å². The second-order valence-corrected chi connectivity index (χ2v) is 6.23. The summed E-state index contributed by atoms with van der Waals surface area (Å²) in [6.07, 6.45) is 4.16. The zero-order valence-electron chi connectivity index (χ0n) is 14.1. The van der Waals surface area contributed by atoms with E-state index in [9.17, 15) is 9.59 Å². The summed E-state index contributed by atoms with van der Waals surface area (Å²) in [5.41, 5.74) is 1.05. The smallest absolute Gasteiger partial charge is 0.320 e. The summed E-state index contributed by atoms with van der Waals surface area (Å²) < 4.78 is 0. The molecule has 0 aliphatic carbocycles. The van der Waals surface area contributed by atoms with Crippen LogP contribution in [0.1, 0.15) is 38.7 Å². The first-order chi connectivity index (χ1) is 11.0. The van der Waals surface area contributed by atoms with E-state index in [4.69, 9.17) is 0 Å². The number of likely N-dealkylation sites (tertiary alicyclic amines) is 1. The number of hydrogen-bond acceptors (Lipinski definition) is 3. The molecule has 1 aliphatic heterocycles. The van der Waals surface area contributed by atoms with Gasteiger partial charge >= 0.3 is 6.03 Å². The monoisotopic (exact) mass is 318 g/mol. The highest BCUT2D eigenvalue weighted by Gasteiger charge is 2.25. The van der Waals surface area contributed by atoms with Crippen molar-refractivity contribution < 1.29 is 9.59 Å². The van der Waals surface area contributed by atoms with Crippen molar-refractivity contribution in [1.82, 2.24) is 15.2 Å². The first-order valence-corrected chi connectivity index (χ1v) is 8.28. The summed E-state index contributed by atoms with van der Waals surface area (Å²) in [6.45, 7) is 7.36. The van der Waals surface area contributed by atoms with Crippen LogP contribution in [0.3, 0.4) is 0 Å². The van der Waals surface area contributed by atoms with Crippen LogP contribution in [0.4, 0.5) is 10.6 Å². The Morgan fingerprint density at radius 2 is 2.04 bits per heavy atom. The van der Waals surface area contributed by atoms with E-state index in [0.29, 0.717) is 18.9 Å². The van der Waals surface area contributed by atoms with Gasteiger partial charge in [0.25, 0.3) is 0 Å². The lowest BCUT2D eigenvalue weighted by atomic mass is 10.0. The quantitative estimate of drug-likeness (QED) is 0.896. The number of rotatable bonds is 4. The van der Waals surface area contributed by atoms with Gasteiger partial charge in [-0.15, -0.1) is 0 Å². The van der Waals surface area contributed by atoms with E-state index in [1.165, 1.54) is 0 Å². The van der Waals surface area contributed by atoms with Crippen molar-refractivity contribution in [1.29, 1.82) is 0 Å². The first kappa shape index (κ1) is 17.2. The molecule has 23 heavy (non-hydrogen) atoms. The zero-order valence-corrected chi connectivity index (χ0v) is 14.1. The van der Waals surface area contributed by atoms with Gasteiger partial charge in [0.1, 0.15) is 5.82 Å². The number of carbonyl (C=O) groups is 2. The standard InChI is InChI=1S/C17H26N4O2/c1-4-13(3)16(22)21-9-7-14(8-10-21)19-17(23)20-15-6-5-12(2)11-18-15/h5-6,11,13-14H,4,7-10H2,1-3H3,(H2,18,19,20,23)/t13-/m0/s1. The molecular formula is C17H26N4O2. The molecule has 1 aromatic rings. The van der Waals surface area contributed by atoms with Crippen LogP contribution < -0.4 is 10.6 Å². The van der Waals surface area contributed by atoms with Crippen molar-refractivity contribution in [2.45, 2.75) is 46.1 Å². The predicted molar refractivity (Wildman–Crippen MR) is 90.2 cm³/mol. The highest BCUT2D eigenvalue weighted by molar-refractivity contribution is 5.88. The molecular weight excluding hydrogens is 292 g/mol. The lowest BCUT2D eigenvalue weighted by Crippen LogP contribution is -2.48. The molecule has 1 fully saturated rings. The van der Waals surface area contributed by atoms with Gasteiger partial charge in [-0.1, -0.05) is 19.9 Å². The Morgan fingerprint density at radius 1 is 1.35 bits per heavy atom. The molecule has 1 saturated heterocycles. The summed E-state index contributed by atoms with van der Waals surface area (Å²) in [5.74, 6) is 0.840. The molecule has 0 unspecified atom stereocenters. The molecule has 0 spiro atoms. The van der Waals surface area contributed by atoms with Gasteiger partial charge in [-0.2, -0.15) is 0 Å². The number of nitrogens with zero attached hydrogens (tertiary/aromatic N) is 2. The van der Waals surface area contributed by atoms with Crippen LogP contribution in [0.2, 0.25) is 0 Å². The molecule has 2 rings (SSSR count). The van der Waals surface area contributed by atoms with E-state index >= 15 is 0 Å². The summed E-state index contributed by atoms with van der Waals surface area (Å²) >= 11 is 0. The molecule has 2 N–H and O–H groups in total. The van der Waals surface area contributed by atoms with Crippen molar-refractivity contribution in [2.24, 2.45) is 5.92 Å². The number of anilines is 1. The fraction of sp³-hybridized carbons (Fsp3) is 0.588. The molecule has 0 saturated carbocycles. The number of aromatic nitrogens is 1. The minimum absolute atomic E-state index is 0.0791. The number of carbonyl (C=O) groups excluding carboxylic acids is 2. The van der Waals surface area contributed by atoms with Crippen LogP contribution in [-0.2, 0) is 4.79 Å². The van der Waals surface area contributed by atoms with Crippen LogP contribution in [0.15, 0.2) is 18.3 Å². The fourth-order valence-electron chi connectivity index (χ4n) is 2.61. The molecule has 1 aromatic heterocycles. The van der Waals surface area contributed by atoms with Gasteiger partial charge in [0.05, 0.1) is 0 Å². The minimum Gasteiger partial charge on any atom is -0.342 e. The van der Waals surface area contributed by atoms with Crippen LogP contribution in [-0.4, -0.2) is 41.0 Å². The third kappa shape index (κ3) is 4.94. The van der Waals surface area contributed by atoms with Crippen LogP contribution in [0.5, 0.6) is 0 Å². The van der Waals surface area contributed by atoms with Gasteiger partial charge in [0.15, 0.2) is 0 Å². The number of amides is 3. The van der Waals surface area contributed by atoms with E-state index in [1.807, 2.05) is 31.7 Å². The normalized spacial score (nSPS) is 16.7. The number of piperidine rings is 1. The lowest BCUT2D eigenvalue weighted by molar-refractivity contribution is -0.136. The number of urea groups is 1. The highest BCUT2D eigenvalue weighted by Crippen LogP contribution is 2.15. The highest BCUT2D eigenvalue weighted by atomic mass is 16.2. The maximum atomic E-state index is 12.1. The van der Waals surface area contributed by atoms with Crippen molar-refractivity contribution in [3.8, 4) is 0 Å². The van der Waals surface area contributed by atoms with Crippen molar-refractivity contribution in [3.63, 3.8) is 0 Å². The third-order valence-corrected chi connectivity index (χ3v) is 4.33. The van der Waals surface area contributed by atoms with Crippen molar-refractivity contribution >= 4 is 17.8 Å². The first-order valence-electron chi connectivity index (χ1n) is 8.28. The average Bonchev–Trinajstić information content (AvgIpc) is 2.56. The molecule has 2 heterocycles. The van der Waals surface area contributed by atoms with Gasteiger partial charge in [0.2, 0.25) is 5.91 Å². The molecule has 3 amide bonds. The molecule has 0 aromatic carbocycles. The zero-order chi connectivity index (χ0) is 16.8. The molecule has 0 bridgehead atoms. The van der Waals surface area contributed by atoms with Crippen LogP contribution in [0.25, 0.3) is 0 Å². The van der Waals surface area contributed by atoms with Gasteiger partial charge in [-0.05, 0) is 37.8 Å². The Balaban J connectivity index is 1.76. The summed E-state index contributed by atoms with van der Waals surface area (Å²) in [6, 6.07) is 3.54. The topological polar surface area (TPSA) is 74.3 Å². The largest absolute Gasteiger partial charge is 0.342 e. The van der Waals surface area contributed by atoms with Gasteiger partial charge < -0.3 is 10.2 Å². The molecule has 1 atom stereocenters. The van der Waals surface area contributed by atoms with E-state index in [1.54, 1.807) is 12.3 Å². The second-order valence-electron chi connectivity index (χ2n) is 6.23. The summed E-state index contributed by atoms with van der Waals surface area (Å²) in [4.78, 5) is 30.2. The van der Waals surface area contributed by atoms with E-state index < -0.39 is 0 Å². The van der Waals surface area contributed by atoms with E-state index in [0.717, 1.165) is 24.8 Å². The maximum absolute atomic E-state index is 12.1. The van der Waals surface area contributed by atoms with Gasteiger partial charge in [-0.25, -0.2) is 9.78 Å². The van der Waals surface area contributed by atoms with Crippen molar-refractivity contribution in [2.75, 3.05) is 18.4 Å². The molecule has 6 nitrogen and oxygen atoms in total. The minimum atomic E-state index is -0.243. The number of hydrogen-bond donors (Lipinski definition) is 2. The number of aryl methyl sites for hydroxylation is 1.